The van der Waals surface area contributed by atoms with Crippen molar-refractivity contribution in [2.75, 3.05) is 77.6 Å². The summed E-state index contributed by atoms with van der Waals surface area (Å²) < 4.78 is 5.35. The third-order valence-electron chi connectivity index (χ3n) is 8.58. The Morgan fingerprint density at radius 3 is 1.49 bits per heavy atom. The van der Waals surface area contributed by atoms with E-state index in [1.807, 2.05) is 0 Å². The number of aliphatic hydroxyl groups is 8. The lowest BCUT2D eigenvalue weighted by atomic mass is 9.98. The van der Waals surface area contributed by atoms with Crippen LogP contribution in [0.1, 0.15) is 41.4 Å². The number of Topliss-reactive ketones (excluding diaryl/α,β-unsaturated/α-hetero) is 1. The molecule has 21 nitrogen and oxygen atoms in total. The van der Waals surface area contributed by atoms with Gasteiger partial charge in [0, 0.05) is 37.0 Å². The minimum atomic E-state index is -1.75. The van der Waals surface area contributed by atoms with E-state index in [0.29, 0.717) is 0 Å². The van der Waals surface area contributed by atoms with Gasteiger partial charge in [0.05, 0.1) is 102 Å². The Balaban J connectivity index is 2.94. The fourth-order valence-corrected chi connectivity index (χ4v) is 14.6. The Kier molecular flexibility index (Phi) is 24.6. The molecule has 0 saturated carbocycles. The lowest BCUT2D eigenvalue weighted by molar-refractivity contribution is -0.120. The van der Waals surface area contributed by atoms with Crippen LogP contribution in [0.15, 0.2) is 0 Å². The summed E-state index contributed by atoms with van der Waals surface area (Å²) in [6.45, 7) is -4.73. The fourth-order valence-electron chi connectivity index (χ4n) is 5.28. The van der Waals surface area contributed by atoms with Gasteiger partial charge in [-0.05, 0) is 143 Å². The molecule has 6 unspecified atom stereocenters. The van der Waals surface area contributed by atoms with Crippen LogP contribution < -0.4 is 31.5 Å². The number of ketones is 1. The minimum Gasteiger partial charge on any atom is -0.394 e. The standard InChI is InChI=1S/C34H42I6N6O15/c1-41-28(30(56)17-21(35)18(31(57)42-4-11(52)5-47)24(38)27(23(17)37)45-16(55)10-61-3)34(60)46(2)29-25(39)19(32(58)43-12(6-48)14(53)8-50)22(36)20(26(29)40)33(59)44-13(7-49)15(54)9-51/h11-15,28,41,47-54H,4-10H2,1-3H3,(H,42,57)(H,43,58)(H,44,59)(H,45,55). The van der Waals surface area contributed by atoms with Gasteiger partial charge in [0.1, 0.15) is 6.61 Å². The maximum Gasteiger partial charge on any atom is 0.253 e. The summed E-state index contributed by atoms with van der Waals surface area (Å²) in [6, 6.07) is -4.52. The molecule has 2 rings (SSSR count). The number of carbonyl (C=O) groups is 6. The predicted octanol–water partition coefficient (Wildman–Crippen LogP) is -1.70. The molecule has 0 saturated heterocycles. The van der Waals surface area contributed by atoms with E-state index < -0.39 is 111 Å². The molecule has 27 heteroatoms. The number of likely N-dealkylation sites (N-methyl/N-ethyl adjacent to an activating group) is 2. The Morgan fingerprint density at radius 1 is 0.639 bits per heavy atom. The highest BCUT2D eigenvalue weighted by Gasteiger charge is 2.39. The van der Waals surface area contributed by atoms with Gasteiger partial charge in [-0.15, -0.1) is 0 Å². The maximum atomic E-state index is 14.7. The normalized spacial score (nSPS) is 14.2. The Hall–Kier alpha value is -0.560. The van der Waals surface area contributed by atoms with Gasteiger partial charge in [-0.2, -0.15) is 0 Å². The molecule has 0 spiro atoms. The second kappa shape index (κ2) is 26.6. The predicted molar refractivity (Wildman–Crippen MR) is 269 cm³/mol. The van der Waals surface area contributed by atoms with Gasteiger partial charge < -0.3 is 77.1 Å². The van der Waals surface area contributed by atoms with Gasteiger partial charge >= 0.3 is 0 Å². The van der Waals surface area contributed by atoms with Crippen LogP contribution in [0.5, 0.6) is 0 Å². The highest BCUT2D eigenvalue weighted by molar-refractivity contribution is 14.1. The number of aliphatic hydroxyl groups excluding tert-OH is 8. The van der Waals surface area contributed by atoms with E-state index in [2.05, 4.69) is 26.6 Å². The first-order valence-electron chi connectivity index (χ1n) is 17.3. The number of hydrogen-bond donors (Lipinski definition) is 13. The van der Waals surface area contributed by atoms with Crippen LogP contribution in [0.25, 0.3) is 0 Å². The van der Waals surface area contributed by atoms with Crippen molar-refractivity contribution in [3.63, 3.8) is 0 Å². The molecular weight excluding hydrogens is 1490 g/mol. The third-order valence-corrected chi connectivity index (χ3v) is 15.0. The van der Waals surface area contributed by atoms with E-state index in [1.54, 1.807) is 136 Å². The molecule has 0 heterocycles. The van der Waals surface area contributed by atoms with Crippen LogP contribution >= 0.6 is 136 Å². The molecule has 2 aromatic rings. The van der Waals surface area contributed by atoms with E-state index in [1.165, 1.54) is 21.2 Å². The van der Waals surface area contributed by atoms with Crippen molar-refractivity contribution in [2.24, 2.45) is 0 Å². The molecule has 0 aliphatic rings. The van der Waals surface area contributed by atoms with E-state index in [-0.39, 0.29) is 61.6 Å². The number of benzene rings is 2. The second-order valence-corrected chi connectivity index (χ2v) is 19.1. The molecule has 5 amide bonds. The summed E-state index contributed by atoms with van der Waals surface area (Å²) >= 11 is 10.5. The van der Waals surface area contributed by atoms with Crippen LogP contribution in [0.2, 0.25) is 0 Å². The number of amides is 5. The number of rotatable bonds is 22. The van der Waals surface area contributed by atoms with Crippen molar-refractivity contribution >= 4 is 182 Å². The van der Waals surface area contributed by atoms with Crippen molar-refractivity contribution in [2.45, 2.75) is 36.4 Å². The zero-order chi connectivity index (χ0) is 46.6. The van der Waals surface area contributed by atoms with E-state index in [9.17, 15) is 69.6 Å². The van der Waals surface area contributed by atoms with Crippen LogP contribution in [0.4, 0.5) is 11.4 Å². The highest BCUT2D eigenvalue weighted by Crippen LogP contribution is 2.39. The largest absolute Gasteiger partial charge is 0.394 e. The summed E-state index contributed by atoms with van der Waals surface area (Å²) in [5.74, 6) is -5.21. The first-order valence-corrected chi connectivity index (χ1v) is 23.8. The van der Waals surface area contributed by atoms with Gasteiger partial charge in [-0.1, -0.05) is 0 Å². The van der Waals surface area contributed by atoms with Gasteiger partial charge in [-0.25, -0.2) is 0 Å². The van der Waals surface area contributed by atoms with Crippen molar-refractivity contribution in [1.82, 2.24) is 21.3 Å². The van der Waals surface area contributed by atoms with Crippen molar-refractivity contribution < 1.29 is 74.4 Å². The number of anilines is 2. The summed E-state index contributed by atoms with van der Waals surface area (Å²) in [5, 5.41) is 90.9. The molecule has 61 heavy (non-hydrogen) atoms. The van der Waals surface area contributed by atoms with Crippen LogP contribution in [-0.4, -0.2) is 180 Å². The Bertz CT molecular complexity index is 1920. The zero-order valence-electron chi connectivity index (χ0n) is 32.1. The van der Waals surface area contributed by atoms with Crippen molar-refractivity contribution in [3.05, 3.63) is 43.7 Å². The molecule has 13 N–H and O–H groups in total. The van der Waals surface area contributed by atoms with E-state index in [4.69, 9.17) is 4.74 Å². The minimum absolute atomic E-state index is 0.0269. The Labute approximate surface area is 430 Å². The average Bonchev–Trinajstić information content (AvgIpc) is 3.21. The van der Waals surface area contributed by atoms with E-state index in [0.717, 1.165) is 4.90 Å². The first-order chi connectivity index (χ1) is 28.6. The topological polar surface area (TPSA) is 337 Å². The smallest absolute Gasteiger partial charge is 0.253 e. The molecule has 0 aliphatic carbocycles. The first kappa shape index (κ1) is 56.6. The molecule has 0 aliphatic heterocycles. The van der Waals surface area contributed by atoms with Crippen LogP contribution in [0.3, 0.4) is 0 Å². The van der Waals surface area contributed by atoms with Gasteiger partial charge in [0.2, 0.25) is 5.91 Å². The third kappa shape index (κ3) is 13.7. The summed E-state index contributed by atoms with van der Waals surface area (Å²) in [4.78, 5) is 84.5. The number of carbonyl (C=O) groups excluding carboxylic acids is 6. The van der Waals surface area contributed by atoms with E-state index >= 15 is 0 Å². The fraction of sp³-hybridized carbons (Fsp3) is 0.471. The molecule has 0 radical (unpaired) electrons. The molecular formula is C34H42I6N6O15. The van der Waals surface area contributed by atoms with Gasteiger partial charge in [0.25, 0.3) is 23.6 Å². The van der Waals surface area contributed by atoms with Gasteiger partial charge in [-0.3, -0.25) is 28.8 Å². The quantitative estimate of drug-likeness (QED) is 0.0355. The molecule has 0 aromatic heterocycles. The summed E-state index contributed by atoms with van der Waals surface area (Å²) in [6.07, 6.45) is -4.53. The number of halogens is 6. The SMILES string of the molecule is CNC(C(=O)c1c(I)c(NC(=O)COC)c(I)c(C(=O)NCC(O)CO)c1I)C(=O)N(C)c1c(I)c(C(=O)NC(CO)C(O)CO)c(I)c(C(=O)NC(CO)C(O)CO)c1I. The zero-order valence-corrected chi connectivity index (χ0v) is 45.0. The number of nitrogens with zero attached hydrogens (tertiary/aromatic N) is 1. The lowest BCUT2D eigenvalue weighted by Crippen LogP contribution is -2.50. The summed E-state index contributed by atoms with van der Waals surface area (Å²) in [7, 11) is 3.83. The monoisotopic (exact) mass is 1540 g/mol. The molecule has 340 valence electrons. The molecule has 2 aromatic carbocycles. The van der Waals surface area contributed by atoms with Crippen molar-refractivity contribution in [3.8, 4) is 0 Å². The molecule has 0 fully saturated rings. The highest BCUT2D eigenvalue weighted by atomic mass is 127. The molecule has 6 atom stereocenters. The Morgan fingerprint density at radius 2 is 1.08 bits per heavy atom. The summed E-state index contributed by atoms with van der Waals surface area (Å²) in [5.41, 5.74) is -0.842. The number of hydrogen-bond acceptors (Lipinski definition) is 16. The van der Waals surface area contributed by atoms with Gasteiger partial charge in [0.15, 0.2) is 11.8 Å². The second-order valence-electron chi connectivity index (χ2n) is 12.6. The number of ether oxygens (including phenoxy) is 1. The number of nitrogens with one attached hydrogen (secondary N) is 5. The maximum absolute atomic E-state index is 14.7. The van der Waals surface area contributed by atoms with Crippen molar-refractivity contribution in [1.29, 1.82) is 0 Å². The van der Waals surface area contributed by atoms with Crippen LogP contribution in [0, 0.1) is 21.4 Å². The van der Waals surface area contributed by atoms with Crippen LogP contribution in [-0.2, 0) is 14.3 Å². The average molecular weight is 1540 g/mol. The molecule has 0 bridgehead atoms. The lowest BCUT2D eigenvalue weighted by Gasteiger charge is -2.29. The number of methoxy groups -OCH3 is 1.